The molecule has 1 aliphatic rings. The molecule has 0 spiro atoms. The molecule has 1 aliphatic carbocycles. The second-order valence-corrected chi connectivity index (χ2v) is 6.27. The number of carbonyl (C=O) groups excluding carboxylic acids is 1. The summed E-state index contributed by atoms with van der Waals surface area (Å²) in [5.74, 6) is 0.817. The summed E-state index contributed by atoms with van der Waals surface area (Å²) in [6, 6.07) is 6.03. The van der Waals surface area contributed by atoms with E-state index in [1.807, 2.05) is 24.1 Å². The first kappa shape index (κ1) is 15.9. The Balaban J connectivity index is 2.07. The zero-order chi connectivity index (χ0) is 15.2. The standard InChI is InChI=1S/C18H28N2O/c1-4-19-17-12-14(2)10-11-16(17)18(21)20(3)13-15-8-6-5-7-9-15/h10-12,15,19H,4-9,13H2,1-3H3. The van der Waals surface area contributed by atoms with Crippen molar-refractivity contribution in [1.82, 2.24) is 4.90 Å². The highest BCUT2D eigenvalue weighted by atomic mass is 16.2. The number of anilines is 1. The van der Waals surface area contributed by atoms with E-state index in [1.54, 1.807) is 0 Å². The van der Waals surface area contributed by atoms with Crippen LogP contribution in [-0.2, 0) is 0 Å². The van der Waals surface area contributed by atoms with E-state index in [0.717, 1.165) is 24.3 Å². The average molecular weight is 288 g/mol. The first-order valence-corrected chi connectivity index (χ1v) is 8.21. The second kappa shape index (κ2) is 7.48. The minimum absolute atomic E-state index is 0.136. The lowest BCUT2D eigenvalue weighted by Crippen LogP contribution is -2.33. The number of nitrogens with one attached hydrogen (secondary N) is 1. The summed E-state index contributed by atoms with van der Waals surface area (Å²) in [5, 5.41) is 3.31. The van der Waals surface area contributed by atoms with Crippen LogP contribution in [0, 0.1) is 12.8 Å². The van der Waals surface area contributed by atoms with Crippen molar-refractivity contribution >= 4 is 11.6 Å². The maximum atomic E-state index is 12.7. The maximum Gasteiger partial charge on any atom is 0.255 e. The second-order valence-electron chi connectivity index (χ2n) is 6.27. The molecule has 0 radical (unpaired) electrons. The Morgan fingerprint density at radius 2 is 2.00 bits per heavy atom. The molecule has 0 atom stereocenters. The fourth-order valence-corrected chi connectivity index (χ4v) is 3.23. The Morgan fingerprint density at radius 3 is 2.67 bits per heavy atom. The Bertz CT molecular complexity index is 478. The molecule has 0 heterocycles. The summed E-state index contributed by atoms with van der Waals surface area (Å²) in [7, 11) is 1.94. The molecule has 3 heteroatoms. The molecule has 1 saturated carbocycles. The van der Waals surface area contributed by atoms with Crippen molar-refractivity contribution in [3.05, 3.63) is 29.3 Å². The van der Waals surface area contributed by atoms with Crippen molar-refractivity contribution < 1.29 is 4.79 Å². The molecule has 1 aromatic rings. The SMILES string of the molecule is CCNc1cc(C)ccc1C(=O)N(C)CC1CCCCC1. The van der Waals surface area contributed by atoms with Gasteiger partial charge >= 0.3 is 0 Å². The minimum Gasteiger partial charge on any atom is -0.385 e. The van der Waals surface area contributed by atoms with Crippen LogP contribution in [0.5, 0.6) is 0 Å². The average Bonchev–Trinajstić information content (AvgIpc) is 2.48. The monoisotopic (exact) mass is 288 g/mol. The van der Waals surface area contributed by atoms with Gasteiger partial charge in [-0.15, -0.1) is 0 Å². The third-order valence-electron chi connectivity index (χ3n) is 4.38. The van der Waals surface area contributed by atoms with E-state index < -0.39 is 0 Å². The molecule has 2 rings (SSSR count). The number of benzene rings is 1. The first-order chi connectivity index (χ1) is 10.1. The number of hydrogen-bond donors (Lipinski definition) is 1. The summed E-state index contributed by atoms with van der Waals surface area (Å²) in [6.45, 7) is 5.83. The van der Waals surface area contributed by atoms with Crippen LogP contribution < -0.4 is 5.32 Å². The van der Waals surface area contributed by atoms with Gasteiger partial charge in [-0.05, 0) is 50.3 Å². The molecular weight excluding hydrogens is 260 g/mol. The molecule has 0 saturated heterocycles. The van der Waals surface area contributed by atoms with E-state index in [2.05, 4.69) is 25.2 Å². The Hall–Kier alpha value is -1.51. The summed E-state index contributed by atoms with van der Waals surface area (Å²) < 4.78 is 0. The van der Waals surface area contributed by atoms with Crippen LogP contribution in [0.25, 0.3) is 0 Å². The number of aryl methyl sites for hydroxylation is 1. The van der Waals surface area contributed by atoms with E-state index in [-0.39, 0.29) is 5.91 Å². The molecule has 21 heavy (non-hydrogen) atoms. The lowest BCUT2D eigenvalue weighted by molar-refractivity contribution is 0.0761. The molecule has 0 aliphatic heterocycles. The lowest BCUT2D eigenvalue weighted by atomic mass is 9.89. The quantitative estimate of drug-likeness (QED) is 0.885. The van der Waals surface area contributed by atoms with Gasteiger partial charge in [-0.2, -0.15) is 0 Å². The molecule has 116 valence electrons. The highest BCUT2D eigenvalue weighted by molar-refractivity contribution is 5.99. The van der Waals surface area contributed by atoms with Gasteiger partial charge in [0.1, 0.15) is 0 Å². The van der Waals surface area contributed by atoms with Crippen LogP contribution in [0.3, 0.4) is 0 Å². The lowest BCUT2D eigenvalue weighted by Gasteiger charge is -2.27. The molecule has 3 nitrogen and oxygen atoms in total. The third-order valence-corrected chi connectivity index (χ3v) is 4.38. The van der Waals surface area contributed by atoms with Gasteiger partial charge in [0.15, 0.2) is 0 Å². The minimum atomic E-state index is 0.136. The van der Waals surface area contributed by atoms with Crippen molar-refractivity contribution in [2.75, 3.05) is 25.5 Å². The molecule has 0 unspecified atom stereocenters. The van der Waals surface area contributed by atoms with E-state index in [4.69, 9.17) is 0 Å². The Kier molecular flexibility index (Phi) is 5.66. The van der Waals surface area contributed by atoms with E-state index in [0.29, 0.717) is 5.92 Å². The Labute approximate surface area is 128 Å². The van der Waals surface area contributed by atoms with Gasteiger partial charge < -0.3 is 10.2 Å². The predicted octanol–water partition coefficient (Wildman–Crippen LogP) is 4.08. The smallest absolute Gasteiger partial charge is 0.255 e. The number of rotatable bonds is 5. The van der Waals surface area contributed by atoms with Crippen molar-refractivity contribution in [2.45, 2.75) is 46.0 Å². The first-order valence-electron chi connectivity index (χ1n) is 8.21. The van der Waals surface area contributed by atoms with Gasteiger partial charge in [-0.1, -0.05) is 25.3 Å². The normalized spacial score (nSPS) is 15.8. The van der Waals surface area contributed by atoms with Crippen LogP contribution in [0.2, 0.25) is 0 Å². The number of nitrogens with zero attached hydrogens (tertiary/aromatic N) is 1. The van der Waals surface area contributed by atoms with Crippen molar-refractivity contribution in [3.8, 4) is 0 Å². The highest BCUT2D eigenvalue weighted by Gasteiger charge is 2.20. The maximum absolute atomic E-state index is 12.7. The van der Waals surface area contributed by atoms with Crippen molar-refractivity contribution in [2.24, 2.45) is 5.92 Å². The topological polar surface area (TPSA) is 32.3 Å². The van der Waals surface area contributed by atoms with Gasteiger partial charge in [0.25, 0.3) is 5.91 Å². The van der Waals surface area contributed by atoms with Crippen LogP contribution in [0.1, 0.15) is 54.9 Å². The molecule has 1 N–H and O–H groups in total. The van der Waals surface area contributed by atoms with Gasteiger partial charge in [-0.25, -0.2) is 0 Å². The van der Waals surface area contributed by atoms with Gasteiger partial charge in [0.05, 0.1) is 5.56 Å². The highest BCUT2D eigenvalue weighted by Crippen LogP contribution is 2.25. The third kappa shape index (κ3) is 4.23. The van der Waals surface area contributed by atoms with E-state index >= 15 is 0 Å². The number of hydrogen-bond acceptors (Lipinski definition) is 2. The zero-order valence-electron chi connectivity index (χ0n) is 13.6. The molecule has 1 aromatic carbocycles. The van der Waals surface area contributed by atoms with Crippen molar-refractivity contribution in [3.63, 3.8) is 0 Å². The fraction of sp³-hybridized carbons (Fsp3) is 0.611. The molecule has 0 aromatic heterocycles. The van der Waals surface area contributed by atoms with Gasteiger partial charge in [0.2, 0.25) is 0 Å². The van der Waals surface area contributed by atoms with Crippen LogP contribution in [0.15, 0.2) is 18.2 Å². The summed E-state index contributed by atoms with van der Waals surface area (Å²) in [5.41, 5.74) is 2.93. The van der Waals surface area contributed by atoms with Crippen LogP contribution in [0.4, 0.5) is 5.69 Å². The largest absolute Gasteiger partial charge is 0.385 e. The molecule has 1 fully saturated rings. The Morgan fingerprint density at radius 1 is 1.29 bits per heavy atom. The summed E-state index contributed by atoms with van der Waals surface area (Å²) in [6.07, 6.45) is 6.54. The number of carbonyl (C=O) groups is 1. The zero-order valence-corrected chi connectivity index (χ0v) is 13.6. The van der Waals surface area contributed by atoms with Crippen molar-refractivity contribution in [1.29, 1.82) is 0 Å². The molecular formula is C18H28N2O. The van der Waals surface area contributed by atoms with Gasteiger partial charge in [-0.3, -0.25) is 4.79 Å². The van der Waals surface area contributed by atoms with E-state index in [1.165, 1.54) is 37.7 Å². The summed E-state index contributed by atoms with van der Waals surface area (Å²) >= 11 is 0. The predicted molar refractivity (Wildman–Crippen MR) is 88.9 cm³/mol. The fourth-order valence-electron chi connectivity index (χ4n) is 3.23. The van der Waals surface area contributed by atoms with Crippen LogP contribution in [-0.4, -0.2) is 30.9 Å². The van der Waals surface area contributed by atoms with Crippen LogP contribution >= 0.6 is 0 Å². The molecule has 0 bridgehead atoms. The molecule has 1 amide bonds. The summed E-state index contributed by atoms with van der Waals surface area (Å²) in [4.78, 5) is 14.6. The van der Waals surface area contributed by atoms with Gasteiger partial charge in [0, 0.05) is 25.8 Å². The number of amides is 1. The van der Waals surface area contributed by atoms with E-state index in [9.17, 15) is 4.79 Å².